The van der Waals surface area contributed by atoms with Crippen molar-refractivity contribution in [1.29, 1.82) is 0 Å². The fourth-order valence-corrected chi connectivity index (χ4v) is 3.90. The first kappa shape index (κ1) is 20.3. The minimum absolute atomic E-state index is 0.0634. The standard InChI is InChI=1S/C15H12BrCl3N2O3S/c1-25(23,24)21(14-7-11(18)10(17)6-12(14)19)8-15(22)20-13-5-3-2-4-9(13)16/h2-7H,8H2,1H3,(H,20,22). The maximum Gasteiger partial charge on any atom is 0.245 e. The molecule has 0 aliphatic heterocycles. The topological polar surface area (TPSA) is 66.5 Å². The molecule has 0 atom stereocenters. The summed E-state index contributed by atoms with van der Waals surface area (Å²) >= 11 is 21.2. The number of halogens is 4. The van der Waals surface area contributed by atoms with Crippen LogP contribution in [0.25, 0.3) is 0 Å². The first-order valence-corrected chi connectivity index (χ1v) is 10.5. The van der Waals surface area contributed by atoms with Crippen molar-refractivity contribution in [2.24, 2.45) is 0 Å². The molecule has 2 aromatic carbocycles. The molecule has 10 heteroatoms. The van der Waals surface area contributed by atoms with E-state index in [1.165, 1.54) is 12.1 Å². The van der Waals surface area contributed by atoms with E-state index in [0.717, 1.165) is 10.6 Å². The Morgan fingerprint density at radius 1 is 1.12 bits per heavy atom. The Bertz CT molecular complexity index is 922. The maximum atomic E-state index is 12.3. The molecule has 0 fully saturated rings. The number of nitrogens with one attached hydrogen (secondary N) is 1. The molecule has 134 valence electrons. The quantitative estimate of drug-likeness (QED) is 0.617. The van der Waals surface area contributed by atoms with Crippen molar-refractivity contribution in [2.75, 3.05) is 22.4 Å². The van der Waals surface area contributed by atoms with E-state index in [1.807, 2.05) is 0 Å². The second-order valence-electron chi connectivity index (χ2n) is 5.02. The van der Waals surface area contributed by atoms with E-state index < -0.39 is 22.5 Å². The highest BCUT2D eigenvalue weighted by Gasteiger charge is 2.24. The second kappa shape index (κ2) is 8.14. The van der Waals surface area contributed by atoms with E-state index in [-0.39, 0.29) is 20.8 Å². The molecule has 0 saturated carbocycles. The number of para-hydroxylation sites is 1. The predicted octanol–water partition coefficient (Wildman–Crippen LogP) is 4.81. The predicted molar refractivity (Wildman–Crippen MR) is 106 cm³/mol. The molecular weight excluding hydrogens is 475 g/mol. The lowest BCUT2D eigenvalue weighted by Crippen LogP contribution is -2.37. The molecule has 5 nitrogen and oxygen atoms in total. The van der Waals surface area contributed by atoms with Gasteiger partial charge in [-0.05, 0) is 40.2 Å². The molecule has 0 bridgehead atoms. The Morgan fingerprint density at radius 3 is 2.32 bits per heavy atom. The summed E-state index contributed by atoms with van der Waals surface area (Å²) in [6.07, 6.45) is 0.970. The molecule has 0 aliphatic carbocycles. The van der Waals surface area contributed by atoms with Crippen LogP contribution in [0.15, 0.2) is 40.9 Å². The van der Waals surface area contributed by atoms with Gasteiger partial charge < -0.3 is 5.32 Å². The Kier molecular flexibility index (Phi) is 6.62. The lowest BCUT2D eigenvalue weighted by Gasteiger charge is -2.23. The van der Waals surface area contributed by atoms with E-state index in [9.17, 15) is 13.2 Å². The van der Waals surface area contributed by atoms with Crippen molar-refractivity contribution in [1.82, 2.24) is 0 Å². The van der Waals surface area contributed by atoms with Gasteiger partial charge in [0.25, 0.3) is 0 Å². The Labute approximate surface area is 169 Å². The van der Waals surface area contributed by atoms with Crippen molar-refractivity contribution in [2.45, 2.75) is 0 Å². The number of nitrogens with zero attached hydrogens (tertiary/aromatic N) is 1. The number of carbonyl (C=O) groups is 1. The number of amides is 1. The summed E-state index contributed by atoms with van der Waals surface area (Å²) in [5.74, 6) is -0.542. The minimum Gasteiger partial charge on any atom is -0.323 e. The molecule has 1 N–H and O–H groups in total. The average Bonchev–Trinajstić information content (AvgIpc) is 2.50. The number of anilines is 2. The summed E-state index contributed by atoms with van der Waals surface area (Å²) in [6, 6.07) is 9.59. The van der Waals surface area contributed by atoms with Crippen molar-refractivity contribution in [3.63, 3.8) is 0 Å². The Balaban J connectivity index is 2.33. The van der Waals surface area contributed by atoms with Crippen LogP contribution < -0.4 is 9.62 Å². The van der Waals surface area contributed by atoms with Gasteiger partial charge in [-0.3, -0.25) is 9.10 Å². The fraction of sp³-hybridized carbons (Fsp3) is 0.133. The number of rotatable bonds is 5. The van der Waals surface area contributed by atoms with Gasteiger partial charge in [-0.25, -0.2) is 8.42 Å². The third-order valence-electron chi connectivity index (χ3n) is 3.09. The van der Waals surface area contributed by atoms with E-state index in [1.54, 1.807) is 24.3 Å². The van der Waals surface area contributed by atoms with E-state index in [0.29, 0.717) is 10.2 Å². The van der Waals surface area contributed by atoms with Gasteiger partial charge >= 0.3 is 0 Å². The van der Waals surface area contributed by atoms with Crippen LogP contribution in [0.4, 0.5) is 11.4 Å². The molecule has 0 spiro atoms. The highest BCUT2D eigenvalue weighted by molar-refractivity contribution is 9.10. The van der Waals surface area contributed by atoms with Crippen LogP contribution >= 0.6 is 50.7 Å². The number of sulfonamides is 1. The van der Waals surface area contributed by atoms with Gasteiger partial charge in [0, 0.05) is 4.47 Å². The van der Waals surface area contributed by atoms with Crippen molar-refractivity contribution < 1.29 is 13.2 Å². The molecule has 0 aromatic heterocycles. The molecule has 1 amide bonds. The van der Waals surface area contributed by atoms with Gasteiger partial charge in [-0.2, -0.15) is 0 Å². The monoisotopic (exact) mass is 484 g/mol. The lowest BCUT2D eigenvalue weighted by atomic mass is 10.3. The van der Waals surface area contributed by atoms with Gasteiger partial charge in [0.15, 0.2) is 0 Å². The summed E-state index contributed by atoms with van der Waals surface area (Å²) in [5.41, 5.74) is 0.585. The smallest absolute Gasteiger partial charge is 0.245 e. The third kappa shape index (κ3) is 5.24. The van der Waals surface area contributed by atoms with E-state index >= 15 is 0 Å². The van der Waals surface area contributed by atoms with Crippen LogP contribution in [-0.2, 0) is 14.8 Å². The zero-order valence-electron chi connectivity index (χ0n) is 12.8. The first-order valence-electron chi connectivity index (χ1n) is 6.76. The van der Waals surface area contributed by atoms with Crippen molar-refractivity contribution in [3.05, 3.63) is 55.9 Å². The van der Waals surface area contributed by atoms with Crippen molar-refractivity contribution >= 4 is 78.0 Å². The first-order chi connectivity index (χ1) is 11.6. The molecule has 0 aliphatic rings. The van der Waals surface area contributed by atoms with Gasteiger partial charge in [0.1, 0.15) is 6.54 Å². The molecular formula is C15H12BrCl3N2O3S. The number of carbonyl (C=O) groups excluding carboxylic acids is 1. The third-order valence-corrected chi connectivity index (χ3v) is 5.94. The summed E-state index contributed by atoms with van der Waals surface area (Å²) < 4.78 is 25.8. The second-order valence-corrected chi connectivity index (χ2v) is 9.00. The van der Waals surface area contributed by atoms with Gasteiger partial charge in [-0.15, -0.1) is 0 Å². The number of benzene rings is 2. The van der Waals surface area contributed by atoms with Gasteiger partial charge in [0.2, 0.25) is 15.9 Å². The summed E-state index contributed by atoms with van der Waals surface area (Å²) in [7, 11) is -3.79. The minimum atomic E-state index is -3.79. The molecule has 0 unspecified atom stereocenters. The van der Waals surface area contributed by atoms with Crippen LogP contribution in [0.5, 0.6) is 0 Å². The number of hydrogen-bond donors (Lipinski definition) is 1. The summed E-state index contributed by atoms with van der Waals surface area (Å²) in [6.45, 7) is -0.474. The molecule has 0 saturated heterocycles. The van der Waals surface area contributed by atoms with Crippen LogP contribution in [0.1, 0.15) is 0 Å². The zero-order valence-corrected chi connectivity index (χ0v) is 17.4. The molecule has 25 heavy (non-hydrogen) atoms. The SMILES string of the molecule is CS(=O)(=O)N(CC(=O)Nc1ccccc1Br)c1cc(Cl)c(Cl)cc1Cl. The molecule has 2 aromatic rings. The van der Waals surface area contributed by atoms with Crippen LogP contribution in [-0.4, -0.2) is 27.1 Å². The highest BCUT2D eigenvalue weighted by Crippen LogP contribution is 2.35. The van der Waals surface area contributed by atoms with Gasteiger partial charge in [-0.1, -0.05) is 46.9 Å². The molecule has 0 radical (unpaired) electrons. The largest absolute Gasteiger partial charge is 0.323 e. The van der Waals surface area contributed by atoms with Crippen molar-refractivity contribution in [3.8, 4) is 0 Å². The summed E-state index contributed by atoms with van der Waals surface area (Å²) in [4.78, 5) is 12.3. The normalized spacial score (nSPS) is 11.2. The van der Waals surface area contributed by atoms with Crippen LogP contribution in [0.3, 0.4) is 0 Å². The zero-order chi connectivity index (χ0) is 18.8. The molecule has 0 heterocycles. The highest BCUT2D eigenvalue weighted by atomic mass is 79.9. The fourth-order valence-electron chi connectivity index (χ4n) is 1.97. The molecule has 2 rings (SSSR count). The summed E-state index contributed by atoms with van der Waals surface area (Å²) in [5, 5.41) is 3.01. The lowest BCUT2D eigenvalue weighted by molar-refractivity contribution is -0.114. The maximum absolute atomic E-state index is 12.3. The van der Waals surface area contributed by atoms with Crippen LogP contribution in [0.2, 0.25) is 15.1 Å². The van der Waals surface area contributed by atoms with E-state index in [4.69, 9.17) is 34.8 Å². The van der Waals surface area contributed by atoms with Gasteiger partial charge in [0.05, 0.1) is 32.7 Å². The number of hydrogen-bond acceptors (Lipinski definition) is 3. The van der Waals surface area contributed by atoms with Crippen LogP contribution in [0, 0.1) is 0 Å². The Morgan fingerprint density at radius 2 is 1.72 bits per heavy atom. The Hall–Kier alpha value is -0.990. The van der Waals surface area contributed by atoms with E-state index in [2.05, 4.69) is 21.2 Å². The average molecular weight is 487 g/mol.